The lowest BCUT2D eigenvalue weighted by Gasteiger charge is -2.32. The van der Waals surface area contributed by atoms with Gasteiger partial charge in [-0.2, -0.15) is 0 Å². The molecule has 1 aromatic carbocycles. The lowest BCUT2D eigenvalue weighted by molar-refractivity contribution is -0.116. The van der Waals surface area contributed by atoms with Gasteiger partial charge in [0.25, 0.3) is 0 Å². The van der Waals surface area contributed by atoms with Crippen molar-refractivity contribution in [2.45, 2.75) is 25.3 Å². The molecule has 1 heterocycles. The molecule has 1 aliphatic rings. The van der Waals surface area contributed by atoms with Crippen LogP contribution in [0.15, 0.2) is 24.3 Å². The monoisotopic (exact) mass is 291 g/mol. The summed E-state index contributed by atoms with van der Waals surface area (Å²) < 4.78 is 5.10. The lowest BCUT2D eigenvalue weighted by Crippen LogP contribution is -2.45. The number of hydrogen-bond donors (Lipinski definition) is 2. The maximum Gasteiger partial charge on any atom is 0.225 e. The molecule has 1 amide bonds. The molecule has 1 atom stereocenters. The number of piperidine rings is 1. The minimum absolute atomic E-state index is 0.0618. The number of anilines is 1. The van der Waals surface area contributed by atoms with E-state index in [9.17, 15) is 4.79 Å². The second kappa shape index (κ2) is 8.00. The first kappa shape index (κ1) is 15.8. The number of amides is 1. The quantitative estimate of drug-likeness (QED) is 0.838. The van der Waals surface area contributed by atoms with E-state index >= 15 is 0 Å². The van der Waals surface area contributed by atoms with Crippen molar-refractivity contribution in [1.82, 2.24) is 10.2 Å². The van der Waals surface area contributed by atoms with Crippen molar-refractivity contribution < 1.29 is 9.53 Å². The molecule has 1 aromatic rings. The topological polar surface area (TPSA) is 53.6 Å². The zero-order valence-corrected chi connectivity index (χ0v) is 12.9. The van der Waals surface area contributed by atoms with Crippen molar-refractivity contribution in [3.8, 4) is 5.75 Å². The third-order valence-electron chi connectivity index (χ3n) is 3.94. The molecule has 5 nitrogen and oxygen atoms in total. The molecule has 1 unspecified atom stereocenters. The third-order valence-corrected chi connectivity index (χ3v) is 3.94. The van der Waals surface area contributed by atoms with Crippen LogP contribution in [0.25, 0.3) is 0 Å². The minimum Gasteiger partial charge on any atom is -0.497 e. The molecule has 2 N–H and O–H groups in total. The number of likely N-dealkylation sites (N-methyl/N-ethyl adjacent to an activating group) is 1. The highest BCUT2D eigenvalue weighted by Crippen LogP contribution is 2.15. The first-order valence-electron chi connectivity index (χ1n) is 7.55. The first-order valence-corrected chi connectivity index (χ1v) is 7.55. The van der Waals surface area contributed by atoms with Crippen LogP contribution in [0, 0.1) is 0 Å². The second-order valence-electron chi connectivity index (χ2n) is 5.46. The van der Waals surface area contributed by atoms with E-state index in [2.05, 4.69) is 15.5 Å². The molecule has 1 saturated heterocycles. The third kappa shape index (κ3) is 5.02. The molecule has 21 heavy (non-hydrogen) atoms. The molecule has 0 radical (unpaired) electrons. The number of ether oxygens (including phenoxy) is 1. The first-order chi connectivity index (χ1) is 10.2. The SMILES string of the molecule is CNC1CCCN(CCC(=O)Nc2ccc(OC)cc2)C1. The standard InChI is InChI=1S/C16H25N3O2/c1-17-14-4-3-10-19(12-14)11-9-16(20)18-13-5-7-15(21-2)8-6-13/h5-8,14,17H,3-4,9-12H2,1-2H3,(H,18,20). The van der Waals surface area contributed by atoms with Crippen LogP contribution in [0.1, 0.15) is 19.3 Å². The molecule has 5 heteroatoms. The maximum atomic E-state index is 12.0. The fourth-order valence-corrected chi connectivity index (χ4v) is 2.65. The van der Waals surface area contributed by atoms with E-state index in [4.69, 9.17) is 4.74 Å². The van der Waals surface area contributed by atoms with Gasteiger partial charge in [-0.3, -0.25) is 4.79 Å². The summed E-state index contributed by atoms with van der Waals surface area (Å²) in [6, 6.07) is 7.96. The van der Waals surface area contributed by atoms with Gasteiger partial charge < -0.3 is 20.3 Å². The summed E-state index contributed by atoms with van der Waals surface area (Å²) >= 11 is 0. The average Bonchev–Trinajstić information content (AvgIpc) is 2.54. The number of nitrogens with zero attached hydrogens (tertiary/aromatic N) is 1. The van der Waals surface area contributed by atoms with E-state index in [1.165, 1.54) is 12.8 Å². The maximum absolute atomic E-state index is 12.0. The van der Waals surface area contributed by atoms with Gasteiger partial charge in [0.15, 0.2) is 0 Å². The van der Waals surface area contributed by atoms with Crippen molar-refractivity contribution in [2.75, 3.05) is 39.1 Å². The molecular formula is C16H25N3O2. The fraction of sp³-hybridized carbons (Fsp3) is 0.562. The molecule has 2 rings (SSSR count). The molecule has 0 saturated carbocycles. The Morgan fingerprint density at radius 2 is 2.14 bits per heavy atom. The molecule has 0 aliphatic carbocycles. The van der Waals surface area contributed by atoms with Gasteiger partial charge in [0.2, 0.25) is 5.91 Å². The Kier molecular flexibility index (Phi) is 6.02. The van der Waals surface area contributed by atoms with Gasteiger partial charge in [-0.05, 0) is 50.7 Å². The Morgan fingerprint density at radius 3 is 2.81 bits per heavy atom. The van der Waals surface area contributed by atoms with Gasteiger partial charge >= 0.3 is 0 Å². The normalized spacial score (nSPS) is 19.2. The zero-order valence-electron chi connectivity index (χ0n) is 12.9. The van der Waals surface area contributed by atoms with Gasteiger partial charge in [-0.1, -0.05) is 0 Å². The second-order valence-corrected chi connectivity index (χ2v) is 5.46. The van der Waals surface area contributed by atoms with E-state index < -0.39 is 0 Å². The Labute approximate surface area is 126 Å². The Hall–Kier alpha value is -1.59. The predicted molar refractivity (Wildman–Crippen MR) is 84.8 cm³/mol. The van der Waals surface area contributed by atoms with Crippen LogP contribution in [0.5, 0.6) is 5.75 Å². The number of carbonyl (C=O) groups excluding carboxylic acids is 1. The van der Waals surface area contributed by atoms with Gasteiger partial charge in [0.1, 0.15) is 5.75 Å². The van der Waals surface area contributed by atoms with Gasteiger partial charge in [-0.15, -0.1) is 0 Å². The summed E-state index contributed by atoms with van der Waals surface area (Å²) in [6.07, 6.45) is 2.96. The number of benzene rings is 1. The summed E-state index contributed by atoms with van der Waals surface area (Å²) in [5.74, 6) is 0.853. The summed E-state index contributed by atoms with van der Waals surface area (Å²) in [7, 11) is 3.63. The Balaban J connectivity index is 1.73. The van der Waals surface area contributed by atoms with E-state index in [0.717, 1.165) is 31.1 Å². The van der Waals surface area contributed by atoms with Crippen LogP contribution >= 0.6 is 0 Å². The highest BCUT2D eigenvalue weighted by atomic mass is 16.5. The molecule has 0 bridgehead atoms. The van der Waals surface area contributed by atoms with Gasteiger partial charge in [0.05, 0.1) is 7.11 Å². The van der Waals surface area contributed by atoms with Crippen molar-refractivity contribution in [2.24, 2.45) is 0 Å². The van der Waals surface area contributed by atoms with E-state index in [1.54, 1.807) is 7.11 Å². The molecule has 0 aromatic heterocycles. The minimum atomic E-state index is 0.0618. The van der Waals surface area contributed by atoms with Crippen molar-refractivity contribution >= 4 is 11.6 Å². The van der Waals surface area contributed by atoms with Crippen LogP contribution in [0.4, 0.5) is 5.69 Å². The van der Waals surface area contributed by atoms with Crippen molar-refractivity contribution in [3.63, 3.8) is 0 Å². The summed E-state index contributed by atoms with van der Waals surface area (Å²) in [6.45, 7) is 2.94. The Bertz CT molecular complexity index is 447. The number of methoxy groups -OCH3 is 1. The number of nitrogens with one attached hydrogen (secondary N) is 2. The number of rotatable bonds is 6. The van der Waals surface area contributed by atoms with Crippen LogP contribution < -0.4 is 15.4 Å². The average molecular weight is 291 g/mol. The van der Waals surface area contributed by atoms with Crippen LogP contribution in [-0.2, 0) is 4.79 Å². The van der Waals surface area contributed by atoms with E-state index in [1.807, 2.05) is 31.3 Å². The molecular weight excluding hydrogens is 266 g/mol. The molecule has 0 spiro atoms. The van der Waals surface area contributed by atoms with Crippen molar-refractivity contribution in [3.05, 3.63) is 24.3 Å². The van der Waals surface area contributed by atoms with Crippen molar-refractivity contribution in [1.29, 1.82) is 0 Å². The predicted octanol–water partition coefficient (Wildman–Crippen LogP) is 1.71. The molecule has 1 aliphatic heterocycles. The van der Waals surface area contributed by atoms with E-state index in [0.29, 0.717) is 12.5 Å². The van der Waals surface area contributed by atoms with E-state index in [-0.39, 0.29) is 5.91 Å². The van der Waals surface area contributed by atoms with Crippen LogP contribution in [-0.4, -0.2) is 50.6 Å². The number of hydrogen-bond acceptors (Lipinski definition) is 4. The fourth-order valence-electron chi connectivity index (χ4n) is 2.65. The highest BCUT2D eigenvalue weighted by Gasteiger charge is 2.18. The lowest BCUT2D eigenvalue weighted by atomic mass is 10.1. The summed E-state index contributed by atoms with van der Waals surface area (Å²) in [5.41, 5.74) is 0.813. The van der Waals surface area contributed by atoms with Crippen LogP contribution in [0.3, 0.4) is 0 Å². The molecule has 116 valence electrons. The Morgan fingerprint density at radius 1 is 1.38 bits per heavy atom. The highest BCUT2D eigenvalue weighted by molar-refractivity contribution is 5.90. The summed E-state index contributed by atoms with van der Waals surface area (Å²) in [5, 5.41) is 6.24. The molecule has 1 fully saturated rings. The number of likely N-dealkylation sites (tertiary alicyclic amines) is 1. The smallest absolute Gasteiger partial charge is 0.225 e. The van der Waals surface area contributed by atoms with Gasteiger partial charge in [0, 0.05) is 31.2 Å². The van der Waals surface area contributed by atoms with Gasteiger partial charge in [-0.25, -0.2) is 0 Å². The number of carbonyl (C=O) groups is 1. The van der Waals surface area contributed by atoms with Crippen LogP contribution in [0.2, 0.25) is 0 Å². The zero-order chi connectivity index (χ0) is 15.1. The largest absolute Gasteiger partial charge is 0.497 e. The summed E-state index contributed by atoms with van der Waals surface area (Å²) in [4.78, 5) is 14.3.